The summed E-state index contributed by atoms with van der Waals surface area (Å²) in [6, 6.07) is 6.56. The smallest absolute Gasteiger partial charge is 0.313 e. The first-order valence-electron chi connectivity index (χ1n) is 7.31. The van der Waals surface area contributed by atoms with Crippen LogP contribution in [0, 0.1) is 5.92 Å². The molecule has 1 unspecified atom stereocenters. The van der Waals surface area contributed by atoms with Crippen molar-refractivity contribution in [3.05, 3.63) is 34.9 Å². The van der Waals surface area contributed by atoms with Crippen molar-refractivity contribution in [1.82, 2.24) is 0 Å². The first-order chi connectivity index (χ1) is 9.11. The van der Waals surface area contributed by atoms with Gasteiger partial charge in [0.05, 0.1) is 13.0 Å². The number of esters is 1. The van der Waals surface area contributed by atoms with Gasteiger partial charge < -0.3 is 4.74 Å². The molecule has 19 heavy (non-hydrogen) atoms. The van der Waals surface area contributed by atoms with Gasteiger partial charge in [0.1, 0.15) is 0 Å². The van der Waals surface area contributed by atoms with Crippen LogP contribution < -0.4 is 0 Å². The molecule has 0 heterocycles. The van der Waals surface area contributed by atoms with Crippen molar-refractivity contribution in [2.75, 3.05) is 7.11 Å². The molecule has 1 aliphatic rings. The van der Waals surface area contributed by atoms with E-state index in [2.05, 4.69) is 32.0 Å². The molecule has 0 saturated carbocycles. The highest BCUT2D eigenvalue weighted by Gasteiger charge is 2.23. The maximum Gasteiger partial charge on any atom is 0.313 e. The molecule has 0 bridgehead atoms. The van der Waals surface area contributed by atoms with Gasteiger partial charge in [0.15, 0.2) is 0 Å². The van der Waals surface area contributed by atoms with Crippen molar-refractivity contribution < 1.29 is 9.53 Å². The van der Waals surface area contributed by atoms with Crippen LogP contribution in [0.25, 0.3) is 0 Å². The van der Waals surface area contributed by atoms with Crippen LogP contribution in [0.2, 0.25) is 0 Å². The lowest BCUT2D eigenvalue weighted by Gasteiger charge is -2.21. The van der Waals surface area contributed by atoms with Crippen molar-refractivity contribution in [3.8, 4) is 0 Å². The molecule has 104 valence electrons. The average Bonchev–Trinajstić information content (AvgIpc) is 2.43. The van der Waals surface area contributed by atoms with Crippen molar-refractivity contribution in [2.24, 2.45) is 5.92 Å². The van der Waals surface area contributed by atoms with Crippen LogP contribution >= 0.6 is 0 Å². The Hall–Kier alpha value is -1.31. The molecule has 1 aliphatic carbocycles. The summed E-state index contributed by atoms with van der Waals surface area (Å²) >= 11 is 0. The quantitative estimate of drug-likeness (QED) is 0.768. The predicted molar refractivity (Wildman–Crippen MR) is 77.3 cm³/mol. The normalized spacial score (nSPS) is 16.0. The second kappa shape index (κ2) is 6.23. The molecule has 0 radical (unpaired) electrons. The second-order valence-corrected chi connectivity index (χ2v) is 5.94. The van der Waals surface area contributed by atoms with Crippen molar-refractivity contribution in [1.29, 1.82) is 0 Å². The Morgan fingerprint density at radius 2 is 1.89 bits per heavy atom. The first kappa shape index (κ1) is 14.1. The fraction of sp³-hybridized carbons (Fsp3) is 0.588. The second-order valence-electron chi connectivity index (χ2n) is 5.94. The average molecular weight is 260 g/mol. The van der Waals surface area contributed by atoms with Gasteiger partial charge in [-0.25, -0.2) is 0 Å². The van der Waals surface area contributed by atoms with Crippen LogP contribution in [0.5, 0.6) is 0 Å². The Labute approximate surface area is 116 Å². The monoisotopic (exact) mass is 260 g/mol. The Morgan fingerprint density at radius 1 is 1.21 bits per heavy atom. The van der Waals surface area contributed by atoms with E-state index in [4.69, 9.17) is 4.74 Å². The maximum atomic E-state index is 12.0. The summed E-state index contributed by atoms with van der Waals surface area (Å²) in [5.74, 6) is 0.266. The van der Waals surface area contributed by atoms with E-state index < -0.39 is 0 Å². The molecule has 2 heteroatoms. The summed E-state index contributed by atoms with van der Waals surface area (Å²) in [6.07, 6.45) is 5.75. The molecule has 0 amide bonds. The number of aryl methyl sites for hydroxylation is 2. The number of benzene rings is 1. The topological polar surface area (TPSA) is 26.3 Å². The Kier molecular flexibility index (Phi) is 4.62. The third kappa shape index (κ3) is 3.37. The van der Waals surface area contributed by atoms with Crippen molar-refractivity contribution in [2.45, 2.75) is 51.9 Å². The highest BCUT2D eigenvalue weighted by atomic mass is 16.5. The van der Waals surface area contributed by atoms with Gasteiger partial charge in [0, 0.05) is 0 Å². The number of ether oxygens (including phenoxy) is 1. The summed E-state index contributed by atoms with van der Waals surface area (Å²) in [5, 5.41) is 0. The Morgan fingerprint density at radius 3 is 2.53 bits per heavy atom. The van der Waals surface area contributed by atoms with E-state index in [0.29, 0.717) is 5.92 Å². The summed E-state index contributed by atoms with van der Waals surface area (Å²) in [6.45, 7) is 4.29. The molecule has 0 N–H and O–H groups in total. The Bertz CT molecular complexity index is 449. The molecule has 2 nitrogen and oxygen atoms in total. The van der Waals surface area contributed by atoms with Crippen molar-refractivity contribution in [3.63, 3.8) is 0 Å². The lowest BCUT2D eigenvalue weighted by Crippen LogP contribution is -2.17. The van der Waals surface area contributed by atoms with E-state index in [1.807, 2.05) is 0 Å². The molecule has 0 spiro atoms. The van der Waals surface area contributed by atoms with E-state index in [1.165, 1.54) is 37.5 Å². The van der Waals surface area contributed by atoms with E-state index in [9.17, 15) is 4.79 Å². The highest BCUT2D eigenvalue weighted by molar-refractivity contribution is 5.78. The van der Waals surface area contributed by atoms with E-state index in [1.54, 1.807) is 0 Å². The zero-order valence-corrected chi connectivity index (χ0v) is 12.2. The lowest BCUT2D eigenvalue weighted by atomic mass is 9.85. The van der Waals surface area contributed by atoms with E-state index in [-0.39, 0.29) is 11.9 Å². The largest absolute Gasteiger partial charge is 0.469 e. The molecule has 0 saturated heterocycles. The van der Waals surface area contributed by atoms with Gasteiger partial charge >= 0.3 is 5.97 Å². The zero-order valence-electron chi connectivity index (χ0n) is 12.2. The van der Waals surface area contributed by atoms with Crippen LogP contribution in [0.1, 0.15) is 55.7 Å². The molecule has 0 aliphatic heterocycles. The SMILES string of the molecule is COC(=O)C(CC(C)C)c1ccc2c(c1)CCCC2. The number of hydrogen-bond donors (Lipinski definition) is 0. The number of methoxy groups -OCH3 is 1. The van der Waals surface area contributed by atoms with Gasteiger partial charge in [0.25, 0.3) is 0 Å². The summed E-state index contributed by atoms with van der Waals surface area (Å²) in [7, 11) is 1.48. The van der Waals surface area contributed by atoms with Gasteiger partial charge in [-0.2, -0.15) is 0 Å². The molecule has 0 aromatic heterocycles. The van der Waals surface area contributed by atoms with Gasteiger partial charge in [-0.15, -0.1) is 0 Å². The van der Waals surface area contributed by atoms with E-state index in [0.717, 1.165) is 18.4 Å². The van der Waals surface area contributed by atoms with Gasteiger partial charge in [-0.05, 0) is 54.7 Å². The number of hydrogen-bond acceptors (Lipinski definition) is 2. The maximum absolute atomic E-state index is 12.0. The van der Waals surface area contributed by atoms with Gasteiger partial charge in [-0.1, -0.05) is 32.0 Å². The van der Waals surface area contributed by atoms with Gasteiger partial charge in [-0.3, -0.25) is 4.79 Å². The van der Waals surface area contributed by atoms with Crippen molar-refractivity contribution >= 4 is 5.97 Å². The molecule has 1 aromatic rings. The highest BCUT2D eigenvalue weighted by Crippen LogP contribution is 2.29. The first-order valence-corrected chi connectivity index (χ1v) is 7.31. The zero-order chi connectivity index (χ0) is 13.8. The molecule has 0 fully saturated rings. The standard InChI is InChI=1S/C17H24O2/c1-12(2)10-16(17(18)19-3)15-9-8-13-6-4-5-7-14(13)11-15/h8-9,11-12,16H,4-7,10H2,1-3H3. The third-order valence-electron chi connectivity index (χ3n) is 3.97. The molecular weight excluding hydrogens is 236 g/mol. The Balaban J connectivity index is 2.28. The fourth-order valence-corrected chi connectivity index (χ4v) is 2.95. The minimum Gasteiger partial charge on any atom is -0.469 e. The van der Waals surface area contributed by atoms with Crippen LogP contribution in [0.4, 0.5) is 0 Å². The lowest BCUT2D eigenvalue weighted by molar-refractivity contribution is -0.142. The molecule has 1 aromatic carbocycles. The van der Waals surface area contributed by atoms with Crippen LogP contribution in [-0.4, -0.2) is 13.1 Å². The van der Waals surface area contributed by atoms with Gasteiger partial charge in [0.2, 0.25) is 0 Å². The molecular formula is C17H24O2. The number of carbonyl (C=O) groups excluding carboxylic acids is 1. The number of carbonyl (C=O) groups is 1. The molecule has 1 atom stereocenters. The molecule has 2 rings (SSSR count). The summed E-state index contributed by atoms with van der Waals surface area (Å²) < 4.78 is 4.97. The summed E-state index contributed by atoms with van der Waals surface area (Å²) in [4.78, 5) is 12.0. The van der Waals surface area contributed by atoms with E-state index >= 15 is 0 Å². The number of rotatable bonds is 4. The fourth-order valence-electron chi connectivity index (χ4n) is 2.95. The number of fused-ring (bicyclic) bond motifs is 1. The van der Waals surface area contributed by atoms with Crippen LogP contribution in [-0.2, 0) is 22.4 Å². The minimum absolute atomic E-state index is 0.107. The third-order valence-corrected chi connectivity index (χ3v) is 3.97. The summed E-state index contributed by atoms with van der Waals surface area (Å²) in [5.41, 5.74) is 4.02. The van der Waals surface area contributed by atoms with Crippen LogP contribution in [0.15, 0.2) is 18.2 Å². The predicted octanol–water partition coefficient (Wildman–Crippen LogP) is 3.87. The minimum atomic E-state index is -0.114. The van der Waals surface area contributed by atoms with Crippen LogP contribution in [0.3, 0.4) is 0 Å².